The van der Waals surface area contributed by atoms with Gasteiger partial charge in [-0.25, -0.2) is 0 Å². The summed E-state index contributed by atoms with van der Waals surface area (Å²) in [6.07, 6.45) is 8.18. The predicted octanol–water partition coefficient (Wildman–Crippen LogP) is 3.68. The quantitative estimate of drug-likeness (QED) is 0.754. The summed E-state index contributed by atoms with van der Waals surface area (Å²) in [6, 6.07) is 9.68. The highest BCUT2D eigenvalue weighted by Crippen LogP contribution is 2.39. The van der Waals surface area contributed by atoms with Gasteiger partial charge in [-0.05, 0) is 37.9 Å². The number of fused-ring (bicyclic) bond motifs is 3. The lowest BCUT2D eigenvalue weighted by Crippen LogP contribution is -2.34. The van der Waals surface area contributed by atoms with Gasteiger partial charge in [-0.15, -0.1) is 0 Å². The largest absolute Gasteiger partial charge is 0.464 e. The van der Waals surface area contributed by atoms with E-state index in [0.717, 1.165) is 18.0 Å². The Kier molecular flexibility index (Phi) is 2.15. The maximum Gasteiger partial charge on any atom is 0.134 e. The Morgan fingerprint density at radius 1 is 1.22 bits per heavy atom. The zero-order valence-electron chi connectivity index (χ0n) is 10.6. The van der Waals surface area contributed by atoms with Gasteiger partial charge in [-0.3, -0.25) is 4.90 Å². The maximum absolute atomic E-state index is 5.67. The summed E-state index contributed by atoms with van der Waals surface area (Å²) in [5.74, 6) is 0. The molecule has 2 heteroatoms. The van der Waals surface area contributed by atoms with Crippen molar-refractivity contribution in [1.82, 2.24) is 4.90 Å². The normalized spacial score (nSPS) is 27.7. The van der Waals surface area contributed by atoms with Gasteiger partial charge in [0.1, 0.15) is 5.58 Å². The van der Waals surface area contributed by atoms with Crippen LogP contribution in [-0.2, 0) is 0 Å². The van der Waals surface area contributed by atoms with Gasteiger partial charge in [0.25, 0.3) is 0 Å². The number of furan rings is 1. The minimum Gasteiger partial charge on any atom is -0.464 e. The van der Waals surface area contributed by atoms with Crippen molar-refractivity contribution in [3.8, 4) is 0 Å². The summed E-state index contributed by atoms with van der Waals surface area (Å²) >= 11 is 0. The Hall–Kier alpha value is -1.54. The van der Waals surface area contributed by atoms with Crippen molar-refractivity contribution in [2.24, 2.45) is 0 Å². The van der Waals surface area contributed by atoms with Gasteiger partial charge in [0.05, 0.1) is 6.26 Å². The molecule has 4 rings (SSSR count). The number of hydrogen-bond acceptors (Lipinski definition) is 2. The van der Waals surface area contributed by atoms with E-state index in [2.05, 4.69) is 30.2 Å². The van der Waals surface area contributed by atoms with Gasteiger partial charge < -0.3 is 4.42 Å². The minimum absolute atomic E-state index is 0.632. The van der Waals surface area contributed by atoms with Crippen molar-refractivity contribution in [1.29, 1.82) is 0 Å². The molecule has 0 N–H and O–H groups in total. The molecule has 0 spiro atoms. The van der Waals surface area contributed by atoms with Crippen LogP contribution in [0.5, 0.6) is 0 Å². The van der Waals surface area contributed by atoms with Crippen LogP contribution >= 0.6 is 0 Å². The van der Waals surface area contributed by atoms with Gasteiger partial charge in [0, 0.05) is 23.0 Å². The average molecular weight is 239 g/mol. The predicted molar refractivity (Wildman–Crippen MR) is 73.4 cm³/mol. The number of likely N-dealkylation sites (N-methyl/N-ethyl adjacent to an activating group) is 1. The number of para-hydroxylation sites is 1. The summed E-state index contributed by atoms with van der Waals surface area (Å²) < 4.78 is 5.67. The molecule has 2 aromatic rings. The third-order valence-corrected chi connectivity index (χ3v) is 4.57. The Morgan fingerprint density at radius 3 is 3.00 bits per heavy atom. The first-order valence-corrected chi connectivity index (χ1v) is 6.72. The first-order valence-electron chi connectivity index (χ1n) is 6.72. The van der Waals surface area contributed by atoms with Crippen LogP contribution in [-0.4, -0.2) is 24.0 Å². The molecule has 0 radical (unpaired) electrons. The molecule has 0 saturated carbocycles. The molecule has 1 aromatic heterocycles. The van der Waals surface area contributed by atoms with Crippen molar-refractivity contribution >= 4 is 16.5 Å². The van der Waals surface area contributed by atoms with Crippen molar-refractivity contribution in [2.45, 2.75) is 31.3 Å². The van der Waals surface area contributed by atoms with Crippen LogP contribution < -0.4 is 0 Å². The lowest BCUT2D eigenvalue weighted by molar-refractivity contribution is 0.264. The van der Waals surface area contributed by atoms with Crippen LogP contribution in [0.25, 0.3) is 16.5 Å². The van der Waals surface area contributed by atoms with Gasteiger partial charge >= 0.3 is 0 Å². The first kappa shape index (κ1) is 10.4. The van der Waals surface area contributed by atoms with E-state index in [1.54, 1.807) is 0 Å². The topological polar surface area (TPSA) is 16.4 Å². The van der Waals surface area contributed by atoms with Gasteiger partial charge in [0.2, 0.25) is 0 Å². The summed E-state index contributed by atoms with van der Waals surface area (Å²) in [5, 5.41) is 1.26. The second kappa shape index (κ2) is 3.72. The first-order chi connectivity index (χ1) is 8.83. The molecule has 1 aromatic carbocycles. The second-order valence-electron chi connectivity index (χ2n) is 5.51. The fourth-order valence-electron chi connectivity index (χ4n) is 3.47. The molecule has 1 fully saturated rings. The molecular weight excluding hydrogens is 222 g/mol. The molecule has 2 atom stereocenters. The molecule has 2 nitrogen and oxygen atoms in total. The number of hydrogen-bond donors (Lipinski definition) is 0. The standard InChI is InChI=1S/C16H17NO/c1-17-12-6-7-13(17)9-11(8-12)15-10-18-16-5-3-2-4-14(15)16/h2-5,8,10,12-13H,6-7,9H2,1H3. The lowest BCUT2D eigenvalue weighted by atomic mass is 9.95. The van der Waals surface area contributed by atoms with E-state index in [1.165, 1.54) is 29.4 Å². The molecule has 2 aliphatic rings. The fourth-order valence-corrected chi connectivity index (χ4v) is 3.47. The molecular formula is C16H17NO. The van der Waals surface area contributed by atoms with Crippen LogP contribution in [0.4, 0.5) is 0 Å². The molecule has 2 bridgehead atoms. The molecule has 3 heterocycles. The highest BCUT2D eigenvalue weighted by atomic mass is 16.3. The number of rotatable bonds is 1. The zero-order chi connectivity index (χ0) is 12.1. The average Bonchev–Trinajstić information content (AvgIpc) is 2.88. The van der Waals surface area contributed by atoms with Gasteiger partial charge in [0.15, 0.2) is 0 Å². The molecule has 0 aliphatic carbocycles. The number of nitrogens with zero attached hydrogens (tertiary/aromatic N) is 1. The van der Waals surface area contributed by atoms with Crippen LogP contribution in [0.15, 0.2) is 41.0 Å². The van der Waals surface area contributed by atoms with Crippen molar-refractivity contribution < 1.29 is 4.42 Å². The highest BCUT2D eigenvalue weighted by Gasteiger charge is 2.34. The molecule has 92 valence electrons. The fraction of sp³-hybridized carbons (Fsp3) is 0.375. The lowest BCUT2D eigenvalue weighted by Gasteiger charge is -2.30. The molecule has 2 unspecified atom stereocenters. The van der Waals surface area contributed by atoms with E-state index in [1.807, 2.05) is 18.4 Å². The zero-order valence-corrected chi connectivity index (χ0v) is 10.6. The van der Waals surface area contributed by atoms with E-state index in [4.69, 9.17) is 4.42 Å². The van der Waals surface area contributed by atoms with Crippen molar-refractivity contribution in [3.63, 3.8) is 0 Å². The highest BCUT2D eigenvalue weighted by molar-refractivity contribution is 5.91. The summed E-state index contributed by atoms with van der Waals surface area (Å²) in [6.45, 7) is 0. The van der Waals surface area contributed by atoms with E-state index in [9.17, 15) is 0 Å². The van der Waals surface area contributed by atoms with E-state index >= 15 is 0 Å². The van der Waals surface area contributed by atoms with Crippen LogP contribution in [0.2, 0.25) is 0 Å². The molecule has 1 saturated heterocycles. The Balaban J connectivity index is 1.82. The smallest absolute Gasteiger partial charge is 0.134 e. The van der Waals surface area contributed by atoms with Crippen LogP contribution in [0.1, 0.15) is 24.8 Å². The molecule has 2 aliphatic heterocycles. The summed E-state index contributed by atoms with van der Waals surface area (Å²) in [4.78, 5) is 2.52. The number of benzene rings is 1. The van der Waals surface area contributed by atoms with Crippen molar-refractivity contribution in [3.05, 3.63) is 42.2 Å². The summed E-state index contributed by atoms with van der Waals surface area (Å²) in [5.41, 5.74) is 3.78. The molecule has 0 amide bonds. The van der Waals surface area contributed by atoms with E-state index < -0.39 is 0 Å². The minimum atomic E-state index is 0.632. The van der Waals surface area contributed by atoms with E-state index in [0.29, 0.717) is 6.04 Å². The molecule has 18 heavy (non-hydrogen) atoms. The second-order valence-corrected chi connectivity index (χ2v) is 5.51. The van der Waals surface area contributed by atoms with Gasteiger partial charge in [-0.1, -0.05) is 24.3 Å². The third-order valence-electron chi connectivity index (χ3n) is 4.57. The van der Waals surface area contributed by atoms with Gasteiger partial charge in [-0.2, -0.15) is 0 Å². The summed E-state index contributed by atoms with van der Waals surface area (Å²) in [7, 11) is 2.25. The maximum atomic E-state index is 5.67. The third kappa shape index (κ3) is 1.39. The monoisotopic (exact) mass is 239 g/mol. The Labute approximate surface area is 107 Å². The Morgan fingerprint density at radius 2 is 2.11 bits per heavy atom. The van der Waals surface area contributed by atoms with Crippen LogP contribution in [0.3, 0.4) is 0 Å². The van der Waals surface area contributed by atoms with Crippen molar-refractivity contribution in [2.75, 3.05) is 7.05 Å². The van der Waals surface area contributed by atoms with Crippen LogP contribution in [0, 0.1) is 0 Å². The SMILES string of the molecule is CN1C2C=C(c3coc4ccccc34)CC1CC2. The Bertz CT molecular complexity index is 625. The van der Waals surface area contributed by atoms with E-state index in [-0.39, 0.29) is 0 Å².